The molecule has 0 aliphatic heterocycles. The Morgan fingerprint density at radius 1 is 1.60 bits per heavy atom. The number of aromatic nitrogens is 1. The van der Waals surface area contributed by atoms with Crippen LogP contribution in [0.2, 0.25) is 0 Å². The van der Waals surface area contributed by atoms with E-state index in [1.165, 1.54) is 6.07 Å². The molecule has 4 heteroatoms. The van der Waals surface area contributed by atoms with Crippen LogP contribution < -0.4 is 0 Å². The summed E-state index contributed by atoms with van der Waals surface area (Å²) < 4.78 is 12.2. The van der Waals surface area contributed by atoms with E-state index in [1.54, 1.807) is 0 Å². The molecule has 0 saturated heterocycles. The molecule has 0 radical (unpaired) electrons. The number of hydrogen-bond acceptors (Lipinski definition) is 3. The number of hydrogen-bond donors (Lipinski definition) is 1. The van der Waals surface area contributed by atoms with E-state index >= 15 is 0 Å². The third-order valence-corrected chi connectivity index (χ3v) is 0.970. The van der Waals surface area contributed by atoms with Crippen LogP contribution in [0.1, 0.15) is 10.5 Å². The first kappa shape index (κ1) is 6.67. The van der Waals surface area contributed by atoms with Crippen molar-refractivity contribution in [2.24, 2.45) is 0 Å². The molecule has 0 aliphatic carbocycles. The maximum atomic E-state index is 12.2. The van der Waals surface area contributed by atoms with E-state index < -0.39 is 11.7 Å². The maximum absolute atomic E-state index is 12.2. The van der Waals surface area contributed by atoms with Crippen LogP contribution in [-0.2, 0) is 0 Å². The molecule has 1 heterocycles. The summed E-state index contributed by atoms with van der Waals surface area (Å²) in [6, 6.07) is 2.16. The maximum Gasteiger partial charge on any atom is 0.248 e. The Kier molecular flexibility index (Phi) is 1.62. The summed E-state index contributed by atoms with van der Waals surface area (Å²) in [5.41, 5.74) is 0.0129. The normalized spacial score (nSPS) is 9.30. The molecular formula is C6H4FNO2. The highest BCUT2D eigenvalue weighted by Gasteiger charge is 2.00. The molecule has 0 bridgehead atoms. The highest BCUT2D eigenvalue weighted by molar-refractivity contribution is 5.71. The van der Waals surface area contributed by atoms with E-state index in [0.717, 1.165) is 6.07 Å². The zero-order valence-corrected chi connectivity index (χ0v) is 4.91. The van der Waals surface area contributed by atoms with Gasteiger partial charge in [-0.15, -0.1) is 0 Å². The number of pyridine rings is 1. The molecule has 0 aromatic carbocycles. The number of carbonyl (C=O) groups excluding carboxylic acids is 1. The van der Waals surface area contributed by atoms with Crippen LogP contribution in [0.4, 0.5) is 4.39 Å². The number of aldehydes is 1. The van der Waals surface area contributed by atoms with Gasteiger partial charge in [-0.25, -0.2) is 9.37 Å². The zero-order valence-electron chi connectivity index (χ0n) is 4.91. The lowest BCUT2D eigenvalue weighted by molar-refractivity contribution is 0.111. The molecule has 1 aromatic heterocycles. The molecule has 0 unspecified atom stereocenters. The van der Waals surface area contributed by atoms with Gasteiger partial charge in [-0.1, -0.05) is 0 Å². The van der Waals surface area contributed by atoms with Gasteiger partial charge in [0, 0.05) is 0 Å². The first-order valence-electron chi connectivity index (χ1n) is 2.54. The molecule has 52 valence electrons. The molecule has 0 aliphatic rings. The summed E-state index contributed by atoms with van der Waals surface area (Å²) in [5.74, 6) is -1.57. The molecule has 1 aromatic rings. The van der Waals surface area contributed by atoms with E-state index in [4.69, 9.17) is 5.11 Å². The molecule has 1 N–H and O–H groups in total. The summed E-state index contributed by atoms with van der Waals surface area (Å²) in [4.78, 5) is 13.2. The van der Waals surface area contributed by atoms with Crippen molar-refractivity contribution in [2.75, 3.05) is 0 Å². The molecule has 0 saturated carbocycles. The summed E-state index contributed by atoms with van der Waals surface area (Å²) in [6.45, 7) is 0. The highest BCUT2D eigenvalue weighted by atomic mass is 19.1. The van der Waals surface area contributed by atoms with Gasteiger partial charge >= 0.3 is 0 Å². The van der Waals surface area contributed by atoms with E-state index in [2.05, 4.69) is 4.98 Å². The number of nitrogens with zero attached hydrogens (tertiary/aromatic N) is 1. The lowest BCUT2D eigenvalue weighted by Gasteiger charge is -1.92. The third-order valence-electron chi connectivity index (χ3n) is 0.970. The van der Waals surface area contributed by atoms with Gasteiger partial charge in [0.15, 0.2) is 12.1 Å². The molecule has 10 heavy (non-hydrogen) atoms. The lowest BCUT2D eigenvalue weighted by atomic mass is 10.4. The van der Waals surface area contributed by atoms with Crippen LogP contribution >= 0.6 is 0 Å². The highest BCUT2D eigenvalue weighted by Crippen LogP contribution is 2.09. The van der Waals surface area contributed by atoms with Gasteiger partial charge in [-0.3, -0.25) is 4.79 Å². The second-order valence-electron chi connectivity index (χ2n) is 1.66. The lowest BCUT2D eigenvalue weighted by Crippen LogP contribution is -1.87. The Labute approximate surface area is 56.1 Å². The zero-order chi connectivity index (χ0) is 7.56. The Morgan fingerprint density at radius 3 is 2.80 bits per heavy atom. The van der Waals surface area contributed by atoms with Crippen molar-refractivity contribution < 1.29 is 14.3 Å². The SMILES string of the molecule is O=Cc1ccc(F)c(O)n1. The average molecular weight is 141 g/mol. The van der Waals surface area contributed by atoms with E-state index in [-0.39, 0.29) is 5.69 Å². The van der Waals surface area contributed by atoms with Crippen LogP contribution in [-0.4, -0.2) is 16.4 Å². The fraction of sp³-hybridized carbons (Fsp3) is 0. The van der Waals surface area contributed by atoms with Crippen molar-refractivity contribution in [1.82, 2.24) is 4.98 Å². The average Bonchev–Trinajstić information content (AvgIpc) is 1.95. The number of aromatic hydroxyl groups is 1. The van der Waals surface area contributed by atoms with Crippen LogP contribution in [0, 0.1) is 5.82 Å². The topological polar surface area (TPSA) is 50.2 Å². The van der Waals surface area contributed by atoms with E-state index in [9.17, 15) is 9.18 Å². The fourth-order valence-electron chi connectivity index (χ4n) is 0.512. The monoisotopic (exact) mass is 141 g/mol. The molecule has 0 fully saturated rings. The van der Waals surface area contributed by atoms with E-state index in [1.807, 2.05) is 0 Å². The minimum absolute atomic E-state index is 0.0129. The van der Waals surface area contributed by atoms with Crippen molar-refractivity contribution in [3.05, 3.63) is 23.6 Å². The number of halogens is 1. The van der Waals surface area contributed by atoms with Gasteiger partial charge in [0.25, 0.3) is 0 Å². The van der Waals surface area contributed by atoms with Crippen molar-refractivity contribution >= 4 is 6.29 Å². The smallest absolute Gasteiger partial charge is 0.248 e. The van der Waals surface area contributed by atoms with Crippen molar-refractivity contribution in [1.29, 1.82) is 0 Å². The first-order valence-corrected chi connectivity index (χ1v) is 2.54. The summed E-state index contributed by atoms with van der Waals surface area (Å²) in [6.07, 6.45) is 0.430. The van der Waals surface area contributed by atoms with Gasteiger partial charge in [-0.05, 0) is 12.1 Å². The molecule has 0 spiro atoms. The number of carbonyl (C=O) groups is 1. The Bertz CT molecular complexity index is 262. The Balaban J connectivity index is 3.16. The largest absolute Gasteiger partial charge is 0.491 e. The van der Waals surface area contributed by atoms with Gasteiger partial charge in [0.2, 0.25) is 5.88 Å². The summed E-state index contributed by atoms with van der Waals surface area (Å²) in [5, 5.41) is 8.59. The van der Waals surface area contributed by atoms with Crippen molar-refractivity contribution in [3.8, 4) is 5.88 Å². The van der Waals surface area contributed by atoms with Crippen molar-refractivity contribution in [3.63, 3.8) is 0 Å². The summed E-state index contributed by atoms with van der Waals surface area (Å²) >= 11 is 0. The third kappa shape index (κ3) is 1.10. The predicted octanol–water partition coefficient (Wildman–Crippen LogP) is 0.739. The molecule has 0 amide bonds. The van der Waals surface area contributed by atoms with Crippen molar-refractivity contribution in [2.45, 2.75) is 0 Å². The van der Waals surface area contributed by atoms with Crippen LogP contribution in [0.15, 0.2) is 12.1 Å². The molecule has 0 atom stereocenters. The fourth-order valence-corrected chi connectivity index (χ4v) is 0.512. The Hall–Kier alpha value is -1.45. The minimum atomic E-state index is -0.828. The molecular weight excluding hydrogens is 137 g/mol. The van der Waals surface area contributed by atoms with Gasteiger partial charge in [0.1, 0.15) is 5.69 Å². The van der Waals surface area contributed by atoms with Gasteiger partial charge < -0.3 is 5.11 Å². The Morgan fingerprint density at radius 2 is 2.30 bits per heavy atom. The second kappa shape index (κ2) is 2.43. The quantitative estimate of drug-likeness (QED) is 0.587. The van der Waals surface area contributed by atoms with Crippen LogP contribution in [0.25, 0.3) is 0 Å². The van der Waals surface area contributed by atoms with Gasteiger partial charge in [0.05, 0.1) is 0 Å². The van der Waals surface area contributed by atoms with E-state index in [0.29, 0.717) is 6.29 Å². The number of rotatable bonds is 1. The van der Waals surface area contributed by atoms with Gasteiger partial charge in [-0.2, -0.15) is 0 Å². The molecule has 1 rings (SSSR count). The predicted molar refractivity (Wildman–Crippen MR) is 31.2 cm³/mol. The summed E-state index contributed by atoms with van der Waals surface area (Å²) in [7, 11) is 0. The first-order chi connectivity index (χ1) is 4.74. The van der Waals surface area contributed by atoms with Crippen LogP contribution in [0.5, 0.6) is 5.88 Å². The second-order valence-corrected chi connectivity index (χ2v) is 1.66. The molecule has 3 nitrogen and oxygen atoms in total. The standard InChI is InChI=1S/C6H4FNO2/c7-5-2-1-4(3-9)8-6(5)10/h1-3H,(H,8,10). The minimum Gasteiger partial charge on any atom is -0.491 e. The van der Waals surface area contributed by atoms with Crippen LogP contribution in [0.3, 0.4) is 0 Å².